The van der Waals surface area contributed by atoms with Crippen LogP contribution in [0.4, 0.5) is 11.5 Å². The maximum Gasteiger partial charge on any atom is 0.376 e. The molecule has 134 valence electrons. The lowest BCUT2D eigenvalue weighted by Gasteiger charge is -2.37. The molecule has 26 heavy (non-hydrogen) atoms. The molecular weight excluding hydrogens is 416 g/mol. The van der Waals surface area contributed by atoms with E-state index in [4.69, 9.17) is 4.74 Å². The largest absolute Gasteiger partial charge is 0.463 e. The van der Waals surface area contributed by atoms with Gasteiger partial charge in [0, 0.05) is 36.3 Å². The molecule has 3 aromatic rings. The fraction of sp³-hybridized carbons (Fsp3) is 0.278. The number of esters is 1. The van der Waals surface area contributed by atoms with E-state index in [-0.39, 0.29) is 5.82 Å². The van der Waals surface area contributed by atoms with Crippen molar-refractivity contribution in [3.8, 4) is 0 Å². The molecule has 0 unspecified atom stereocenters. The molecule has 3 heterocycles. The van der Waals surface area contributed by atoms with Gasteiger partial charge in [-0.2, -0.15) is 0 Å². The van der Waals surface area contributed by atoms with E-state index in [0.29, 0.717) is 0 Å². The molecule has 1 aliphatic rings. The Hall–Kier alpha value is -2.19. The molecule has 1 saturated heterocycles. The van der Waals surface area contributed by atoms with Crippen LogP contribution in [0.2, 0.25) is 0 Å². The topological polar surface area (TPSA) is 58.6 Å². The highest BCUT2D eigenvalue weighted by Gasteiger charge is 2.23. The number of carbonyl (C=O) groups excluding carboxylic acids is 1. The predicted molar refractivity (Wildman–Crippen MR) is 107 cm³/mol. The Morgan fingerprint density at radius 1 is 1.15 bits per heavy atom. The van der Waals surface area contributed by atoms with Crippen molar-refractivity contribution in [2.24, 2.45) is 0 Å². The van der Waals surface area contributed by atoms with E-state index in [2.05, 4.69) is 47.8 Å². The third-order valence-corrected chi connectivity index (χ3v) is 5.80. The molecule has 2 aromatic heterocycles. The molecule has 0 aliphatic carbocycles. The second-order valence-corrected chi connectivity index (χ2v) is 7.78. The molecule has 0 amide bonds. The monoisotopic (exact) mass is 432 g/mol. The molecule has 0 N–H and O–H groups in total. The number of thiophene rings is 1. The van der Waals surface area contributed by atoms with Gasteiger partial charge in [0.05, 0.1) is 17.3 Å². The first kappa shape index (κ1) is 17.2. The van der Waals surface area contributed by atoms with Crippen LogP contribution in [0.3, 0.4) is 0 Å². The van der Waals surface area contributed by atoms with Crippen molar-refractivity contribution in [1.29, 1.82) is 0 Å². The Balaban J connectivity index is 1.59. The van der Waals surface area contributed by atoms with E-state index in [0.717, 1.165) is 46.7 Å². The maximum absolute atomic E-state index is 11.9. The number of ether oxygens (including phenoxy) is 1. The SMILES string of the molecule is COC(=O)c1nc(N2CCN(c3cccc(Br)c3)CC2)c2sccc2n1. The predicted octanol–water partition coefficient (Wildman–Crippen LogP) is 3.57. The van der Waals surface area contributed by atoms with E-state index in [1.807, 2.05) is 23.6 Å². The van der Waals surface area contributed by atoms with Gasteiger partial charge in [0.25, 0.3) is 0 Å². The van der Waals surface area contributed by atoms with E-state index < -0.39 is 5.97 Å². The zero-order valence-corrected chi connectivity index (χ0v) is 16.6. The maximum atomic E-state index is 11.9. The van der Waals surface area contributed by atoms with Gasteiger partial charge in [0.1, 0.15) is 0 Å². The number of benzene rings is 1. The number of aromatic nitrogens is 2. The van der Waals surface area contributed by atoms with Gasteiger partial charge in [0.15, 0.2) is 5.82 Å². The van der Waals surface area contributed by atoms with E-state index >= 15 is 0 Å². The van der Waals surface area contributed by atoms with Crippen LogP contribution in [-0.2, 0) is 4.74 Å². The summed E-state index contributed by atoms with van der Waals surface area (Å²) in [6, 6.07) is 10.2. The highest BCUT2D eigenvalue weighted by molar-refractivity contribution is 9.10. The number of nitrogens with zero attached hydrogens (tertiary/aromatic N) is 4. The Kier molecular flexibility index (Phi) is 4.78. The summed E-state index contributed by atoms with van der Waals surface area (Å²) in [4.78, 5) is 25.3. The lowest BCUT2D eigenvalue weighted by atomic mass is 10.2. The molecule has 0 radical (unpaired) electrons. The third kappa shape index (κ3) is 3.26. The van der Waals surface area contributed by atoms with Gasteiger partial charge in [-0.25, -0.2) is 14.8 Å². The number of halogens is 1. The normalized spacial score (nSPS) is 14.7. The second-order valence-electron chi connectivity index (χ2n) is 5.95. The van der Waals surface area contributed by atoms with Crippen LogP contribution in [-0.4, -0.2) is 49.2 Å². The summed E-state index contributed by atoms with van der Waals surface area (Å²) in [5.41, 5.74) is 1.99. The number of fused-ring (bicyclic) bond motifs is 1. The quantitative estimate of drug-likeness (QED) is 0.589. The Morgan fingerprint density at radius 2 is 1.92 bits per heavy atom. The minimum Gasteiger partial charge on any atom is -0.463 e. The van der Waals surface area contributed by atoms with Crippen molar-refractivity contribution in [3.63, 3.8) is 0 Å². The minimum atomic E-state index is -0.507. The summed E-state index contributed by atoms with van der Waals surface area (Å²) >= 11 is 5.13. The summed E-state index contributed by atoms with van der Waals surface area (Å²) in [6.45, 7) is 3.44. The van der Waals surface area contributed by atoms with Crippen molar-refractivity contribution >= 4 is 55.0 Å². The first-order valence-electron chi connectivity index (χ1n) is 8.25. The highest BCUT2D eigenvalue weighted by atomic mass is 79.9. The number of methoxy groups -OCH3 is 1. The minimum absolute atomic E-state index is 0.114. The zero-order valence-electron chi connectivity index (χ0n) is 14.2. The summed E-state index contributed by atoms with van der Waals surface area (Å²) in [7, 11) is 1.35. The summed E-state index contributed by atoms with van der Waals surface area (Å²) in [6.07, 6.45) is 0. The van der Waals surface area contributed by atoms with Gasteiger partial charge in [-0.1, -0.05) is 22.0 Å². The van der Waals surface area contributed by atoms with Crippen LogP contribution < -0.4 is 9.80 Å². The number of piperazine rings is 1. The van der Waals surface area contributed by atoms with Crippen molar-refractivity contribution in [2.45, 2.75) is 0 Å². The first-order valence-corrected chi connectivity index (χ1v) is 9.92. The van der Waals surface area contributed by atoms with Crippen LogP contribution in [0.25, 0.3) is 10.2 Å². The molecule has 0 spiro atoms. The molecule has 0 atom stereocenters. The van der Waals surface area contributed by atoms with E-state index in [9.17, 15) is 4.79 Å². The van der Waals surface area contributed by atoms with Crippen LogP contribution in [0, 0.1) is 0 Å². The number of anilines is 2. The number of rotatable bonds is 3. The fourth-order valence-electron chi connectivity index (χ4n) is 3.09. The van der Waals surface area contributed by atoms with E-state index in [1.165, 1.54) is 12.8 Å². The third-order valence-electron chi connectivity index (χ3n) is 4.41. The van der Waals surface area contributed by atoms with Crippen LogP contribution in [0.1, 0.15) is 10.6 Å². The van der Waals surface area contributed by atoms with Gasteiger partial charge in [-0.3, -0.25) is 0 Å². The fourth-order valence-corrected chi connectivity index (χ4v) is 4.33. The summed E-state index contributed by atoms with van der Waals surface area (Å²) in [5, 5.41) is 1.97. The van der Waals surface area contributed by atoms with Gasteiger partial charge >= 0.3 is 5.97 Å². The van der Waals surface area contributed by atoms with Crippen molar-refractivity contribution in [1.82, 2.24) is 9.97 Å². The highest BCUT2D eigenvalue weighted by Crippen LogP contribution is 2.30. The van der Waals surface area contributed by atoms with Crippen molar-refractivity contribution in [2.75, 3.05) is 43.1 Å². The Morgan fingerprint density at radius 3 is 2.65 bits per heavy atom. The van der Waals surface area contributed by atoms with Crippen LogP contribution in [0.15, 0.2) is 40.2 Å². The van der Waals surface area contributed by atoms with Gasteiger partial charge in [-0.15, -0.1) is 11.3 Å². The Bertz CT molecular complexity index is 953. The molecule has 6 nitrogen and oxygen atoms in total. The molecule has 0 saturated carbocycles. The zero-order chi connectivity index (χ0) is 18.1. The summed E-state index contributed by atoms with van der Waals surface area (Å²) < 4.78 is 6.89. The van der Waals surface area contributed by atoms with Crippen LogP contribution >= 0.6 is 27.3 Å². The van der Waals surface area contributed by atoms with Gasteiger partial charge < -0.3 is 14.5 Å². The van der Waals surface area contributed by atoms with Gasteiger partial charge in [0.2, 0.25) is 5.82 Å². The molecule has 0 bridgehead atoms. The number of hydrogen-bond donors (Lipinski definition) is 0. The number of hydrogen-bond acceptors (Lipinski definition) is 7. The average Bonchev–Trinajstić information content (AvgIpc) is 3.15. The van der Waals surface area contributed by atoms with Gasteiger partial charge in [-0.05, 0) is 29.6 Å². The molecule has 1 fully saturated rings. The molecule has 8 heteroatoms. The molecule has 1 aromatic carbocycles. The standard InChI is InChI=1S/C18H17BrN4O2S/c1-25-18(24)16-20-14-5-10-26-15(14)17(21-16)23-8-6-22(7-9-23)13-4-2-3-12(19)11-13/h2-5,10-11H,6-9H2,1H3. The number of carbonyl (C=O) groups is 1. The lowest BCUT2D eigenvalue weighted by Crippen LogP contribution is -2.47. The van der Waals surface area contributed by atoms with Crippen molar-refractivity contribution in [3.05, 3.63) is 46.0 Å². The lowest BCUT2D eigenvalue weighted by molar-refractivity contribution is 0.0587. The molecular formula is C18H17BrN4O2S. The average molecular weight is 433 g/mol. The van der Waals surface area contributed by atoms with Crippen molar-refractivity contribution < 1.29 is 9.53 Å². The Labute approximate surface area is 163 Å². The smallest absolute Gasteiger partial charge is 0.376 e. The molecule has 4 rings (SSSR count). The van der Waals surface area contributed by atoms with Crippen LogP contribution in [0.5, 0.6) is 0 Å². The van der Waals surface area contributed by atoms with E-state index in [1.54, 1.807) is 11.3 Å². The summed E-state index contributed by atoms with van der Waals surface area (Å²) in [5.74, 6) is 0.425. The molecule has 1 aliphatic heterocycles. The first-order chi connectivity index (χ1) is 12.7. The second kappa shape index (κ2) is 7.20.